The van der Waals surface area contributed by atoms with Crippen molar-refractivity contribution in [3.05, 3.63) is 24.2 Å². The Labute approximate surface area is 116 Å². The summed E-state index contributed by atoms with van der Waals surface area (Å²) in [6.45, 7) is 3.41. The molecule has 2 aromatic rings. The number of carbonyl (C=O) groups excluding carboxylic acids is 1. The first-order chi connectivity index (χ1) is 9.72. The van der Waals surface area contributed by atoms with Gasteiger partial charge in [-0.2, -0.15) is 4.98 Å². The molecule has 0 saturated carbocycles. The van der Waals surface area contributed by atoms with Crippen LogP contribution >= 0.6 is 0 Å². The van der Waals surface area contributed by atoms with Gasteiger partial charge in [0.1, 0.15) is 0 Å². The highest BCUT2D eigenvalue weighted by atomic mass is 16.5. The Bertz CT molecular complexity index is 536. The molecule has 0 aliphatic carbocycles. The van der Waals surface area contributed by atoms with Crippen LogP contribution in [0.4, 0.5) is 0 Å². The molecule has 0 aromatic carbocycles. The highest BCUT2D eigenvalue weighted by molar-refractivity contribution is 5.71. The second-order valence-electron chi connectivity index (χ2n) is 4.28. The smallest absolute Gasteiger partial charge is 0.319 e. The topological polar surface area (TPSA) is 81.6 Å². The number of carbonyl (C=O) groups is 1. The van der Waals surface area contributed by atoms with Crippen LogP contribution in [-0.4, -0.2) is 41.2 Å². The number of hydrogen-bond acceptors (Lipinski definition) is 7. The van der Waals surface area contributed by atoms with Crippen LogP contribution in [0.15, 0.2) is 27.3 Å². The summed E-state index contributed by atoms with van der Waals surface area (Å²) in [6.07, 6.45) is 2.46. The van der Waals surface area contributed by atoms with Gasteiger partial charge in [-0.05, 0) is 25.1 Å². The summed E-state index contributed by atoms with van der Waals surface area (Å²) in [5.41, 5.74) is 0. The summed E-state index contributed by atoms with van der Waals surface area (Å²) in [5, 5.41) is 3.89. The third-order valence-electron chi connectivity index (χ3n) is 2.69. The van der Waals surface area contributed by atoms with Crippen LogP contribution in [-0.2, 0) is 16.1 Å². The molecule has 0 amide bonds. The van der Waals surface area contributed by atoms with E-state index in [0.29, 0.717) is 24.0 Å². The van der Waals surface area contributed by atoms with Crippen molar-refractivity contribution in [3.63, 3.8) is 0 Å². The lowest BCUT2D eigenvalue weighted by atomic mass is 10.4. The molecule has 7 nitrogen and oxygen atoms in total. The van der Waals surface area contributed by atoms with Crippen molar-refractivity contribution in [2.45, 2.75) is 19.9 Å². The van der Waals surface area contributed by atoms with Crippen LogP contribution in [0.1, 0.15) is 19.2 Å². The molecule has 0 saturated heterocycles. The second-order valence-corrected chi connectivity index (χ2v) is 4.28. The van der Waals surface area contributed by atoms with Crippen LogP contribution in [0.2, 0.25) is 0 Å². The lowest BCUT2D eigenvalue weighted by Crippen LogP contribution is -2.31. The van der Waals surface area contributed by atoms with E-state index in [0.717, 1.165) is 13.0 Å². The molecular formula is C13H17N3O4. The lowest BCUT2D eigenvalue weighted by molar-refractivity contribution is -0.142. The van der Waals surface area contributed by atoms with E-state index in [4.69, 9.17) is 8.94 Å². The van der Waals surface area contributed by atoms with Crippen LogP contribution in [0.5, 0.6) is 0 Å². The largest absolute Gasteiger partial charge is 0.468 e. The number of hydrogen-bond donors (Lipinski definition) is 0. The molecule has 0 bridgehead atoms. The van der Waals surface area contributed by atoms with E-state index in [9.17, 15) is 4.79 Å². The van der Waals surface area contributed by atoms with Gasteiger partial charge >= 0.3 is 5.97 Å². The molecular weight excluding hydrogens is 262 g/mol. The van der Waals surface area contributed by atoms with Crippen molar-refractivity contribution in [2.75, 3.05) is 20.2 Å². The van der Waals surface area contributed by atoms with E-state index in [1.54, 1.807) is 18.4 Å². The van der Waals surface area contributed by atoms with Crippen molar-refractivity contribution in [3.8, 4) is 11.7 Å². The number of rotatable bonds is 7. The fraction of sp³-hybridized carbons (Fsp3) is 0.462. The minimum absolute atomic E-state index is 0.203. The summed E-state index contributed by atoms with van der Waals surface area (Å²) in [4.78, 5) is 17.5. The van der Waals surface area contributed by atoms with Gasteiger partial charge in [-0.3, -0.25) is 9.69 Å². The highest BCUT2D eigenvalue weighted by Crippen LogP contribution is 2.17. The van der Waals surface area contributed by atoms with Crippen molar-refractivity contribution >= 4 is 5.97 Å². The number of methoxy groups -OCH3 is 1. The van der Waals surface area contributed by atoms with E-state index in [-0.39, 0.29) is 12.5 Å². The van der Waals surface area contributed by atoms with E-state index in [2.05, 4.69) is 14.9 Å². The first kappa shape index (κ1) is 14.3. The summed E-state index contributed by atoms with van der Waals surface area (Å²) in [7, 11) is 1.37. The normalized spacial score (nSPS) is 10.9. The van der Waals surface area contributed by atoms with Gasteiger partial charge in [0.05, 0.1) is 26.5 Å². The number of ether oxygens (including phenoxy) is 1. The predicted molar refractivity (Wildman–Crippen MR) is 69.6 cm³/mol. The van der Waals surface area contributed by atoms with E-state index >= 15 is 0 Å². The van der Waals surface area contributed by atoms with Gasteiger partial charge in [0, 0.05) is 0 Å². The zero-order valence-corrected chi connectivity index (χ0v) is 11.5. The summed E-state index contributed by atoms with van der Waals surface area (Å²) >= 11 is 0. The maximum atomic E-state index is 11.3. The Hall–Kier alpha value is -2.15. The molecule has 0 aliphatic heterocycles. The van der Waals surface area contributed by atoms with Gasteiger partial charge in [-0.25, -0.2) is 0 Å². The molecule has 0 unspecified atom stereocenters. The Morgan fingerprint density at radius 3 is 3.00 bits per heavy atom. The fourth-order valence-corrected chi connectivity index (χ4v) is 1.80. The quantitative estimate of drug-likeness (QED) is 0.713. The Morgan fingerprint density at radius 1 is 1.50 bits per heavy atom. The fourth-order valence-electron chi connectivity index (χ4n) is 1.80. The Kier molecular flexibility index (Phi) is 4.89. The number of esters is 1. The first-order valence-electron chi connectivity index (χ1n) is 6.38. The van der Waals surface area contributed by atoms with Gasteiger partial charge < -0.3 is 13.7 Å². The molecule has 20 heavy (non-hydrogen) atoms. The predicted octanol–water partition coefficient (Wildman–Crippen LogP) is 1.71. The van der Waals surface area contributed by atoms with Crippen molar-refractivity contribution in [1.29, 1.82) is 0 Å². The average Bonchev–Trinajstić information content (AvgIpc) is 3.08. The molecule has 0 aliphatic rings. The molecule has 108 valence electrons. The third kappa shape index (κ3) is 3.67. The summed E-state index contributed by atoms with van der Waals surface area (Å²) < 4.78 is 15.0. The second kappa shape index (κ2) is 6.85. The van der Waals surface area contributed by atoms with Gasteiger partial charge in [0.25, 0.3) is 5.89 Å². The number of aromatic nitrogens is 2. The number of nitrogens with zero attached hydrogens (tertiary/aromatic N) is 3. The van der Waals surface area contributed by atoms with Crippen LogP contribution in [0.25, 0.3) is 11.7 Å². The van der Waals surface area contributed by atoms with Gasteiger partial charge in [0.2, 0.25) is 0 Å². The van der Waals surface area contributed by atoms with E-state index in [1.165, 1.54) is 7.11 Å². The lowest BCUT2D eigenvalue weighted by Gasteiger charge is -2.17. The zero-order valence-electron chi connectivity index (χ0n) is 11.5. The summed E-state index contributed by atoms with van der Waals surface area (Å²) in [6, 6.07) is 3.50. The standard InChI is InChI=1S/C13H17N3O4/c1-3-6-16(9-12(17)18-2)8-11-14-13(20-15-11)10-5-4-7-19-10/h4-5,7H,3,6,8-9H2,1-2H3. The van der Waals surface area contributed by atoms with Gasteiger partial charge in [-0.1, -0.05) is 12.1 Å². The average molecular weight is 279 g/mol. The molecule has 0 fully saturated rings. The SMILES string of the molecule is CCCN(CC(=O)OC)Cc1noc(-c2ccco2)n1. The van der Waals surface area contributed by atoms with Crippen molar-refractivity contribution < 1.29 is 18.5 Å². The minimum Gasteiger partial charge on any atom is -0.468 e. The van der Waals surface area contributed by atoms with E-state index in [1.807, 2.05) is 11.8 Å². The van der Waals surface area contributed by atoms with Crippen LogP contribution in [0, 0.1) is 0 Å². The first-order valence-corrected chi connectivity index (χ1v) is 6.38. The Morgan fingerprint density at radius 2 is 2.35 bits per heavy atom. The van der Waals surface area contributed by atoms with Crippen molar-refractivity contribution in [1.82, 2.24) is 15.0 Å². The molecule has 0 atom stereocenters. The molecule has 0 spiro atoms. The van der Waals surface area contributed by atoms with Crippen LogP contribution in [0.3, 0.4) is 0 Å². The van der Waals surface area contributed by atoms with E-state index < -0.39 is 0 Å². The van der Waals surface area contributed by atoms with Crippen LogP contribution < -0.4 is 0 Å². The molecule has 0 N–H and O–H groups in total. The maximum Gasteiger partial charge on any atom is 0.319 e. The molecule has 2 aromatic heterocycles. The maximum absolute atomic E-state index is 11.3. The molecule has 7 heteroatoms. The Balaban J connectivity index is 2.01. The highest BCUT2D eigenvalue weighted by Gasteiger charge is 2.16. The third-order valence-corrected chi connectivity index (χ3v) is 2.69. The molecule has 2 rings (SSSR count). The molecule has 0 radical (unpaired) electrons. The summed E-state index contributed by atoms with van der Waals surface area (Å²) in [5.74, 6) is 1.08. The number of furan rings is 1. The monoisotopic (exact) mass is 279 g/mol. The van der Waals surface area contributed by atoms with Crippen molar-refractivity contribution in [2.24, 2.45) is 0 Å². The van der Waals surface area contributed by atoms with Gasteiger partial charge in [-0.15, -0.1) is 0 Å². The zero-order chi connectivity index (χ0) is 14.4. The van der Waals surface area contributed by atoms with Gasteiger partial charge in [0.15, 0.2) is 11.6 Å². The molecule has 2 heterocycles. The minimum atomic E-state index is -0.284.